The molecule has 0 spiro atoms. The predicted octanol–water partition coefficient (Wildman–Crippen LogP) is 0.263. The van der Waals surface area contributed by atoms with Crippen LogP contribution in [0.1, 0.15) is 30.1 Å². The number of hydrogen-bond donors (Lipinski definition) is 4. The average Bonchev–Trinajstić information content (AvgIpc) is 3.32. The lowest BCUT2D eigenvalue weighted by molar-refractivity contribution is 0.00689. The minimum atomic E-state index is -1.17. The van der Waals surface area contributed by atoms with E-state index in [1.165, 1.54) is 7.11 Å². The fourth-order valence-electron chi connectivity index (χ4n) is 3.17. The van der Waals surface area contributed by atoms with Crippen LogP contribution in [0, 0.1) is 0 Å². The second kappa shape index (κ2) is 9.86. The largest absolute Gasteiger partial charge is 0.465 e. The minimum Gasteiger partial charge on any atom is -0.465 e. The van der Waals surface area contributed by atoms with Gasteiger partial charge in [-0.2, -0.15) is 4.98 Å². The van der Waals surface area contributed by atoms with Gasteiger partial charge < -0.3 is 34.8 Å². The first-order valence-electron chi connectivity index (χ1n) is 9.85. The molecule has 2 aromatic rings. The van der Waals surface area contributed by atoms with Gasteiger partial charge in [0.15, 0.2) is 0 Å². The number of aromatic nitrogens is 2. The molecule has 1 saturated heterocycles. The molecule has 1 aromatic carbocycles. The topological polar surface area (TPSA) is 156 Å². The number of hydrogen-bond acceptors (Lipinski definition) is 9. The summed E-state index contributed by atoms with van der Waals surface area (Å²) in [6.07, 6.45) is -3.80. The van der Waals surface area contributed by atoms with Crippen molar-refractivity contribution in [2.75, 3.05) is 13.7 Å². The van der Waals surface area contributed by atoms with E-state index in [0.29, 0.717) is 17.0 Å². The monoisotopic (exact) mass is 434 g/mol. The van der Waals surface area contributed by atoms with Crippen molar-refractivity contribution in [2.45, 2.75) is 50.7 Å². The normalized spacial score (nSPS) is 23.0. The van der Waals surface area contributed by atoms with Crippen LogP contribution in [0.25, 0.3) is 11.4 Å². The van der Waals surface area contributed by atoms with Gasteiger partial charge in [0.2, 0.25) is 11.7 Å². The third kappa shape index (κ3) is 5.57. The second-order valence-electron chi connectivity index (χ2n) is 7.49. The number of nitrogens with one attached hydrogen (secondary N) is 2. The zero-order chi connectivity index (χ0) is 22.5. The Bertz CT molecular complexity index is 899. The molecule has 31 heavy (non-hydrogen) atoms. The van der Waals surface area contributed by atoms with Crippen LogP contribution in [0.4, 0.5) is 4.79 Å². The van der Waals surface area contributed by atoms with Crippen LogP contribution in [0.2, 0.25) is 0 Å². The van der Waals surface area contributed by atoms with Gasteiger partial charge in [-0.3, -0.25) is 0 Å². The third-order valence-corrected chi connectivity index (χ3v) is 4.75. The van der Waals surface area contributed by atoms with Crippen molar-refractivity contribution in [1.29, 1.82) is 0 Å². The Morgan fingerprint density at radius 2 is 1.84 bits per heavy atom. The molecule has 0 radical (unpaired) electrons. The molecule has 3 rings (SSSR count). The molecule has 0 aliphatic carbocycles. The van der Waals surface area contributed by atoms with Crippen molar-refractivity contribution in [3.05, 3.63) is 35.7 Å². The average molecular weight is 434 g/mol. The molecule has 2 heterocycles. The van der Waals surface area contributed by atoms with Crippen LogP contribution in [0.5, 0.6) is 0 Å². The summed E-state index contributed by atoms with van der Waals surface area (Å²) in [5, 5.41) is 29.7. The van der Waals surface area contributed by atoms with Gasteiger partial charge >= 0.3 is 12.0 Å². The first-order valence-corrected chi connectivity index (χ1v) is 9.85. The minimum absolute atomic E-state index is 0.0313. The summed E-state index contributed by atoms with van der Waals surface area (Å²) in [7, 11) is 1.30. The first kappa shape index (κ1) is 22.7. The van der Waals surface area contributed by atoms with E-state index in [2.05, 4.69) is 25.5 Å². The van der Waals surface area contributed by atoms with Gasteiger partial charge in [0.1, 0.15) is 18.3 Å². The SMILES string of the molecule is COC(=O)c1ccc(-c2noc(C[C@@H]3O[C@H](CNC(=O)NC(C)C)[C@@H](O)[C@H]3O)n2)cc1. The smallest absolute Gasteiger partial charge is 0.337 e. The summed E-state index contributed by atoms with van der Waals surface area (Å²) in [6.45, 7) is 3.69. The van der Waals surface area contributed by atoms with Crippen LogP contribution in [0.15, 0.2) is 28.8 Å². The Kier molecular flexibility index (Phi) is 7.21. The van der Waals surface area contributed by atoms with E-state index in [9.17, 15) is 19.8 Å². The number of amides is 2. The van der Waals surface area contributed by atoms with Crippen LogP contribution in [-0.4, -0.2) is 76.5 Å². The molecule has 1 fully saturated rings. The molecule has 1 aliphatic rings. The fraction of sp³-hybridized carbons (Fsp3) is 0.500. The van der Waals surface area contributed by atoms with Crippen LogP contribution in [-0.2, 0) is 15.9 Å². The van der Waals surface area contributed by atoms with Crippen molar-refractivity contribution < 1.29 is 33.8 Å². The molecule has 0 bridgehead atoms. The summed E-state index contributed by atoms with van der Waals surface area (Å²) in [6, 6.07) is 6.08. The molecule has 1 aromatic heterocycles. The Hall–Kier alpha value is -3.02. The van der Waals surface area contributed by atoms with Crippen molar-refractivity contribution in [2.24, 2.45) is 0 Å². The molecule has 11 nitrogen and oxygen atoms in total. The van der Waals surface area contributed by atoms with Gasteiger partial charge in [-0.25, -0.2) is 9.59 Å². The highest BCUT2D eigenvalue weighted by atomic mass is 16.5. The quantitative estimate of drug-likeness (QED) is 0.449. The zero-order valence-electron chi connectivity index (χ0n) is 17.4. The molecular weight excluding hydrogens is 408 g/mol. The van der Waals surface area contributed by atoms with Crippen molar-refractivity contribution >= 4 is 12.0 Å². The van der Waals surface area contributed by atoms with Crippen LogP contribution < -0.4 is 10.6 Å². The van der Waals surface area contributed by atoms with Gasteiger partial charge in [-0.15, -0.1) is 0 Å². The van der Waals surface area contributed by atoms with Crippen molar-refractivity contribution in [3.63, 3.8) is 0 Å². The summed E-state index contributed by atoms with van der Waals surface area (Å²) < 4.78 is 15.6. The number of carbonyl (C=O) groups is 2. The van der Waals surface area contributed by atoms with Gasteiger partial charge in [0, 0.05) is 18.2 Å². The number of esters is 1. The molecule has 4 atom stereocenters. The number of nitrogens with zero attached hydrogens (tertiary/aromatic N) is 2. The Balaban J connectivity index is 1.58. The maximum Gasteiger partial charge on any atom is 0.337 e. The Labute approximate surface area is 178 Å². The summed E-state index contributed by atoms with van der Waals surface area (Å²) in [5.41, 5.74) is 1.03. The standard InChI is InChI=1S/C20H26N4O7/c1-10(2)22-20(28)21-9-14-17(26)16(25)13(30-14)8-15-23-18(24-31-15)11-4-6-12(7-5-11)19(27)29-3/h4-7,10,13-14,16-17,25-26H,8-9H2,1-3H3,(H2,21,22,28)/t13-,14+,16-,17+/m0/s1. The number of aliphatic hydroxyl groups is 2. The summed E-state index contributed by atoms with van der Waals surface area (Å²) >= 11 is 0. The van der Waals surface area contributed by atoms with E-state index in [1.807, 2.05) is 13.8 Å². The lowest BCUT2D eigenvalue weighted by Gasteiger charge is -2.16. The number of ether oxygens (including phenoxy) is 2. The Morgan fingerprint density at radius 3 is 2.48 bits per heavy atom. The Morgan fingerprint density at radius 1 is 1.16 bits per heavy atom. The molecule has 0 unspecified atom stereocenters. The second-order valence-corrected chi connectivity index (χ2v) is 7.49. The summed E-state index contributed by atoms with van der Waals surface area (Å²) in [4.78, 5) is 27.5. The van der Waals surface area contributed by atoms with E-state index < -0.39 is 30.4 Å². The number of carbonyl (C=O) groups excluding carboxylic acids is 2. The number of aliphatic hydroxyl groups excluding tert-OH is 2. The molecule has 1 aliphatic heterocycles. The highest BCUT2D eigenvalue weighted by molar-refractivity contribution is 5.89. The van der Waals surface area contributed by atoms with Crippen molar-refractivity contribution in [1.82, 2.24) is 20.8 Å². The number of methoxy groups -OCH3 is 1. The number of urea groups is 1. The molecule has 11 heteroatoms. The van der Waals surface area contributed by atoms with Gasteiger partial charge in [0.05, 0.1) is 25.2 Å². The van der Waals surface area contributed by atoms with Gasteiger partial charge in [0.25, 0.3) is 0 Å². The molecule has 0 saturated carbocycles. The van der Waals surface area contributed by atoms with E-state index in [-0.39, 0.29) is 30.9 Å². The maximum absolute atomic E-state index is 11.7. The van der Waals surface area contributed by atoms with E-state index >= 15 is 0 Å². The van der Waals surface area contributed by atoms with E-state index in [4.69, 9.17) is 9.26 Å². The lowest BCUT2D eigenvalue weighted by atomic mass is 10.1. The molecule has 2 amide bonds. The fourth-order valence-corrected chi connectivity index (χ4v) is 3.17. The maximum atomic E-state index is 11.7. The molecular formula is C20H26N4O7. The van der Waals surface area contributed by atoms with E-state index in [1.54, 1.807) is 24.3 Å². The van der Waals surface area contributed by atoms with E-state index in [0.717, 1.165) is 0 Å². The van der Waals surface area contributed by atoms with Crippen molar-refractivity contribution in [3.8, 4) is 11.4 Å². The lowest BCUT2D eigenvalue weighted by Crippen LogP contribution is -2.45. The number of benzene rings is 1. The first-order chi connectivity index (χ1) is 14.8. The third-order valence-electron chi connectivity index (χ3n) is 4.75. The van der Waals surface area contributed by atoms with Gasteiger partial charge in [-0.05, 0) is 26.0 Å². The van der Waals surface area contributed by atoms with Crippen LogP contribution >= 0.6 is 0 Å². The highest BCUT2D eigenvalue weighted by Crippen LogP contribution is 2.25. The molecule has 168 valence electrons. The predicted molar refractivity (Wildman–Crippen MR) is 107 cm³/mol. The summed E-state index contributed by atoms with van der Waals surface area (Å²) in [5.74, 6) is 0.0782. The molecule has 4 N–H and O–H groups in total. The zero-order valence-corrected chi connectivity index (χ0v) is 17.4. The van der Waals surface area contributed by atoms with Gasteiger partial charge in [-0.1, -0.05) is 17.3 Å². The number of rotatable bonds is 7. The highest BCUT2D eigenvalue weighted by Gasteiger charge is 2.43. The van der Waals surface area contributed by atoms with Crippen LogP contribution in [0.3, 0.4) is 0 Å².